The Balaban J connectivity index is 1.30. The molecule has 0 radical (unpaired) electrons. The molecule has 28 heavy (non-hydrogen) atoms. The minimum absolute atomic E-state index is 0.193. The Morgan fingerprint density at radius 3 is 2.54 bits per heavy atom. The molecule has 0 unspecified atom stereocenters. The van der Waals surface area contributed by atoms with Crippen molar-refractivity contribution in [2.75, 3.05) is 18.8 Å². The van der Waals surface area contributed by atoms with Crippen molar-refractivity contribution in [1.82, 2.24) is 15.0 Å². The van der Waals surface area contributed by atoms with Crippen LogP contribution in [0.15, 0.2) is 64.0 Å². The van der Waals surface area contributed by atoms with Crippen LogP contribution in [0.3, 0.4) is 0 Å². The predicted molar refractivity (Wildman–Crippen MR) is 110 cm³/mol. The van der Waals surface area contributed by atoms with Crippen LogP contribution in [0.2, 0.25) is 0 Å². The summed E-state index contributed by atoms with van der Waals surface area (Å²) in [5.41, 5.74) is 2.17. The SMILES string of the molecule is Cc1ccc(-c2noc(C3CCN(C(=O)CSc4ccccc4)CC3)n2)cc1. The lowest BCUT2D eigenvalue weighted by Gasteiger charge is -2.30. The number of hydrogen-bond acceptors (Lipinski definition) is 5. The van der Waals surface area contributed by atoms with Gasteiger partial charge in [0.2, 0.25) is 17.6 Å². The van der Waals surface area contributed by atoms with Gasteiger partial charge in [-0.1, -0.05) is 53.2 Å². The van der Waals surface area contributed by atoms with Crippen molar-refractivity contribution in [3.63, 3.8) is 0 Å². The van der Waals surface area contributed by atoms with E-state index in [0.717, 1.165) is 36.4 Å². The lowest BCUT2D eigenvalue weighted by molar-refractivity contribution is -0.129. The summed E-state index contributed by atoms with van der Waals surface area (Å²) in [5, 5.41) is 4.14. The summed E-state index contributed by atoms with van der Waals surface area (Å²) >= 11 is 1.59. The molecule has 2 heterocycles. The smallest absolute Gasteiger partial charge is 0.232 e. The second-order valence-corrected chi connectivity index (χ2v) is 8.13. The zero-order chi connectivity index (χ0) is 19.3. The lowest BCUT2D eigenvalue weighted by Crippen LogP contribution is -2.39. The number of likely N-dealkylation sites (tertiary alicyclic amines) is 1. The minimum Gasteiger partial charge on any atom is -0.342 e. The van der Waals surface area contributed by atoms with Gasteiger partial charge in [-0.25, -0.2) is 0 Å². The molecule has 0 saturated carbocycles. The fraction of sp³-hybridized carbons (Fsp3) is 0.318. The Kier molecular flexibility index (Phi) is 5.76. The summed E-state index contributed by atoms with van der Waals surface area (Å²) in [6, 6.07) is 18.1. The van der Waals surface area contributed by atoms with Crippen LogP contribution in [0.4, 0.5) is 0 Å². The van der Waals surface area contributed by atoms with Crippen molar-refractivity contribution in [3.05, 3.63) is 66.1 Å². The molecule has 3 aromatic rings. The lowest BCUT2D eigenvalue weighted by atomic mass is 9.97. The summed E-state index contributed by atoms with van der Waals surface area (Å²) in [5.74, 6) is 2.21. The molecule has 1 aromatic heterocycles. The Labute approximate surface area is 169 Å². The van der Waals surface area contributed by atoms with E-state index in [4.69, 9.17) is 4.52 Å². The number of aromatic nitrogens is 2. The van der Waals surface area contributed by atoms with Crippen LogP contribution in [-0.4, -0.2) is 39.8 Å². The number of hydrogen-bond donors (Lipinski definition) is 0. The highest BCUT2D eigenvalue weighted by Gasteiger charge is 2.27. The normalized spacial score (nSPS) is 15.0. The third-order valence-electron chi connectivity index (χ3n) is 5.05. The van der Waals surface area contributed by atoms with Gasteiger partial charge in [-0.2, -0.15) is 4.98 Å². The van der Waals surface area contributed by atoms with Crippen LogP contribution in [0.5, 0.6) is 0 Å². The van der Waals surface area contributed by atoms with E-state index in [1.807, 2.05) is 59.5 Å². The van der Waals surface area contributed by atoms with E-state index < -0.39 is 0 Å². The van der Waals surface area contributed by atoms with Gasteiger partial charge in [0.25, 0.3) is 0 Å². The molecule has 1 fully saturated rings. The van der Waals surface area contributed by atoms with Crippen LogP contribution in [0.1, 0.15) is 30.2 Å². The molecule has 2 aromatic carbocycles. The van der Waals surface area contributed by atoms with Gasteiger partial charge in [-0.3, -0.25) is 4.79 Å². The average Bonchev–Trinajstić information content (AvgIpc) is 3.24. The third kappa shape index (κ3) is 4.44. The van der Waals surface area contributed by atoms with Crippen molar-refractivity contribution in [2.24, 2.45) is 0 Å². The highest BCUT2D eigenvalue weighted by atomic mass is 32.2. The van der Waals surface area contributed by atoms with Crippen molar-refractivity contribution >= 4 is 17.7 Å². The Morgan fingerprint density at radius 1 is 1.11 bits per heavy atom. The molecule has 1 aliphatic rings. The van der Waals surface area contributed by atoms with Crippen molar-refractivity contribution < 1.29 is 9.32 Å². The number of thioether (sulfide) groups is 1. The van der Waals surface area contributed by atoms with Gasteiger partial charge in [0.1, 0.15) is 0 Å². The maximum absolute atomic E-state index is 12.5. The number of carbonyl (C=O) groups is 1. The fourth-order valence-corrected chi connectivity index (χ4v) is 4.17. The Morgan fingerprint density at radius 2 is 1.82 bits per heavy atom. The topological polar surface area (TPSA) is 59.2 Å². The first-order chi connectivity index (χ1) is 13.7. The minimum atomic E-state index is 0.193. The first-order valence-corrected chi connectivity index (χ1v) is 10.5. The van der Waals surface area contributed by atoms with Crippen LogP contribution < -0.4 is 0 Å². The molecule has 0 bridgehead atoms. The van der Waals surface area contributed by atoms with Crippen LogP contribution in [0, 0.1) is 6.92 Å². The second-order valence-electron chi connectivity index (χ2n) is 7.08. The van der Waals surface area contributed by atoms with Gasteiger partial charge in [0, 0.05) is 29.5 Å². The second kappa shape index (κ2) is 8.61. The summed E-state index contributed by atoms with van der Waals surface area (Å²) in [4.78, 5) is 20.2. The van der Waals surface area contributed by atoms with Crippen LogP contribution in [-0.2, 0) is 4.79 Å². The maximum atomic E-state index is 12.5. The molecule has 1 aliphatic heterocycles. The number of rotatable bonds is 5. The molecule has 0 spiro atoms. The average molecular weight is 394 g/mol. The summed E-state index contributed by atoms with van der Waals surface area (Å²) in [6.45, 7) is 3.53. The molecule has 4 rings (SSSR count). The summed E-state index contributed by atoms with van der Waals surface area (Å²) in [7, 11) is 0. The molecule has 1 saturated heterocycles. The number of nitrogens with zero attached hydrogens (tertiary/aromatic N) is 3. The monoisotopic (exact) mass is 393 g/mol. The zero-order valence-corrected chi connectivity index (χ0v) is 16.7. The van der Waals surface area contributed by atoms with Crippen molar-refractivity contribution in [1.29, 1.82) is 0 Å². The van der Waals surface area contributed by atoms with E-state index in [2.05, 4.69) is 17.1 Å². The van der Waals surface area contributed by atoms with E-state index >= 15 is 0 Å². The van der Waals surface area contributed by atoms with Crippen molar-refractivity contribution in [3.8, 4) is 11.4 Å². The van der Waals surface area contributed by atoms with Gasteiger partial charge >= 0.3 is 0 Å². The predicted octanol–water partition coefficient (Wildman–Crippen LogP) is 4.54. The zero-order valence-electron chi connectivity index (χ0n) is 15.9. The van der Waals surface area contributed by atoms with E-state index in [0.29, 0.717) is 17.5 Å². The Hall–Kier alpha value is -2.60. The maximum Gasteiger partial charge on any atom is 0.232 e. The molecular formula is C22H23N3O2S. The summed E-state index contributed by atoms with van der Waals surface area (Å²) < 4.78 is 5.52. The number of amides is 1. The molecule has 0 aliphatic carbocycles. The largest absolute Gasteiger partial charge is 0.342 e. The van der Waals surface area contributed by atoms with E-state index in [1.165, 1.54) is 5.56 Å². The summed E-state index contributed by atoms with van der Waals surface area (Å²) in [6.07, 6.45) is 1.72. The number of carbonyl (C=O) groups excluding carboxylic acids is 1. The molecular weight excluding hydrogens is 370 g/mol. The third-order valence-corrected chi connectivity index (χ3v) is 6.05. The number of benzene rings is 2. The van der Waals surface area contributed by atoms with Crippen molar-refractivity contribution in [2.45, 2.75) is 30.6 Å². The molecule has 0 N–H and O–H groups in total. The van der Waals surface area contributed by atoms with Gasteiger partial charge in [-0.15, -0.1) is 11.8 Å². The standard InChI is InChI=1S/C22H23N3O2S/c1-16-7-9-17(10-8-16)21-23-22(27-24-21)18-11-13-25(14-12-18)20(26)15-28-19-5-3-2-4-6-19/h2-10,18H,11-15H2,1H3. The van der Waals surface area contributed by atoms with Gasteiger partial charge in [0.15, 0.2) is 0 Å². The molecule has 1 amide bonds. The van der Waals surface area contributed by atoms with Gasteiger partial charge in [-0.05, 0) is 31.9 Å². The highest BCUT2D eigenvalue weighted by molar-refractivity contribution is 8.00. The quantitative estimate of drug-likeness (QED) is 0.596. The van der Waals surface area contributed by atoms with E-state index in [1.54, 1.807) is 11.8 Å². The fourth-order valence-electron chi connectivity index (χ4n) is 3.35. The Bertz CT molecular complexity index is 916. The molecule has 6 heteroatoms. The molecule has 0 atom stereocenters. The molecule has 5 nitrogen and oxygen atoms in total. The van der Waals surface area contributed by atoms with Gasteiger partial charge < -0.3 is 9.42 Å². The first-order valence-electron chi connectivity index (χ1n) is 9.55. The van der Waals surface area contributed by atoms with Gasteiger partial charge in [0.05, 0.1) is 5.75 Å². The van der Waals surface area contributed by atoms with E-state index in [-0.39, 0.29) is 11.8 Å². The number of piperidine rings is 1. The highest BCUT2D eigenvalue weighted by Crippen LogP contribution is 2.29. The van der Waals surface area contributed by atoms with Crippen LogP contribution in [0.25, 0.3) is 11.4 Å². The van der Waals surface area contributed by atoms with Crippen LogP contribution >= 0.6 is 11.8 Å². The van der Waals surface area contributed by atoms with E-state index in [9.17, 15) is 4.79 Å². The molecule has 144 valence electrons. The number of aryl methyl sites for hydroxylation is 1. The first kappa shape index (κ1) is 18.7.